The number of nitrogens with two attached hydrogens (primary N) is 1. The highest BCUT2D eigenvalue weighted by molar-refractivity contribution is 7.18. The van der Waals surface area contributed by atoms with Crippen molar-refractivity contribution < 1.29 is 0 Å². The molecule has 0 aliphatic carbocycles. The van der Waals surface area contributed by atoms with E-state index in [0.717, 1.165) is 43.0 Å². The zero-order chi connectivity index (χ0) is 16.5. The number of fused-ring (bicyclic) bond motifs is 2. The van der Waals surface area contributed by atoms with Crippen LogP contribution in [0, 0.1) is 6.92 Å². The van der Waals surface area contributed by atoms with Crippen molar-refractivity contribution in [1.29, 1.82) is 0 Å². The van der Waals surface area contributed by atoms with Gasteiger partial charge in [-0.2, -0.15) is 0 Å². The van der Waals surface area contributed by atoms with Crippen LogP contribution in [0.15, 0.2) is 24.3 Å². The molecule has 0 saturated carbocycles. The Bertz CT molecular complexity index is 868. The molecular weight excluding hydrogens is 336 g/mol. The van der Waals surface area contributed by atoms with E-state index in [9.17, 15) is 0 Å². The molecule has 3 heterocycles. The fourth-order valence-corrected chi connectivity index (χ4v) is 4.85. The van der Waals surface area contributed by atoms with E-state index >= 15 is 0 Å². The van der Waals surface area contributed by atoms with Gasteiger partial charge in [0, 0.05) is 30.9 Å². The van der Waals surface area contributed by atoms with Crippen molar-refractivity contribution in [2.45, 2.75) is 19.8 Å². The molecule has 2 aromatic heterocycles. The van der Waals surface area contributed by atoms with E-state index in [2.05, 4.69) is 52.1 Å². The summed E-state index contributed by atoms with van der Waals surface area (Å²) >= 11 is 3.40. The van der Waals surface area contributed by atoms with E-state index in [4.69, 9.17) is 5.73 Å². The summed E-state index contributed by atoms with van der Waals surface area (Å²) in [6, 6.07) is 6.48. The monoisotopic (exact) mass is 356 g/mol. The van der Waals surface area contributed by atoms with E-state index in [1.165, 1.54) is 20.8 Å². The van der Waals surface area contributed by atoms with Gasteiger partial charge < -0.3 is 5.73 Å². The number of nitrogens with zero attached hydrogens (tertiary/aromatic N) is 3. The average molecular weight is 357 g/mol. The third kappa shape index (κ3) is 3.36. The molecule has 0 fully saturated rings. The SMILES string of the molecule is Cc1nc2ccc(/C=C/CN3CCc4nc(N)sc4CC3)cc2s1. The van der Waals surface area contributed by atoms with Gasteiger partial charge in [0.2, 0.25) is 0 Å². The number of aryl methyl sites for hydroxylation is 1. The summed E-state index contributed by atoms with van der Waals surface area (Å²) in [7, 11) is 0. The molecule has 4 rings (SSSR count). The van der Waals surface area contributed by atoms with Gasteiger partial charge in [0.1, 0.15) is 0 Å². The molecule has 1 aliphatic rings. The van der Waals surface area contributed by atoms with Crippen LogP contribution in [0.2, 0.25) is 0 Å². The minimum Gasteiger partial charge on any atom is -0.375 e. The molecule has 3 aromatic rings. The highest BCUT2D eigenvalue weighted by atomic mass is 32.1. The summed E-state index contributed by atoms with van der Waals surface area (Å²) in [6.07, 6.45) is 6.54. The van der Waals surface area contributed by atoms with E-state index in [-0.39, 0.29) is 0 Å². The van der Waals surface area contributed by atoms with Crippen molar-refractivity contribution in [3.05, 3.63) is 45.4 Å². The largest absolute Gasteiger partial charge is 0.375 e. The summed E-state index contributed by atoms with van der Waals surface area (Å²) < 4.78 is 1.26. The summed E-state index contributed by atoms with van der Waals surface area (Å²) in [5, 5.41) is 1.83. The Hall–Kier alpha value is -1.76. The minimum atomic E-state index is 0.710. The van der Waals surface area contributed by atoms with E-state index in [1.54, 1.807) is 22.7 Å². The fourth-order valence-electron chi connectivity index (χ4n) is 3.11. The molecule has 0 saturated heterocycles. The average Bonchev–Trinajstić information content (AvgIpc) is 3.04. The molecular formula is C18H20N4S2. The normalized spacial score (nSPS) is 15.9. The standard InChI is InChI=1S/C18H20N4S2/c1-12-20-14-5-4-13(11-17(14)23-12)3-2-8-22-9-6-15-16(7-10-22)24-18(19)21-15/h2-5,11H,6-10H2,1H3,(H2,19,21)/b3-2+. The van der Waals surface area contributed by atoms with E-state index in [0.29, 0.717) is 5.13 Å². The van der Waals surface area contributed by atoms with Crippen LogP contribution in [-0.2, 0) is 12.8 Å². The predicted molar refractivity (Wildman–Crippen MR) is 104 cm³/mol. The topological polar surface area (TPSA) is 55.0 Å². The first-order chi connectivity index (χ1) is 11.7. The summed E-state index contributed by atoms with van der Waals surface area (Å²) in [4.78, 5) is 12.8. The number of thiazole rings is 2. The number of anilines is 1. The van der Waals surface area contributed by atoms with E-state index in [1.807, 2.05) is 0 Å². The molecule has 0 amide bonds. The van der Waals surface area contributed by atoms with Gasteiger partial charge in [-0.25, -0.2) is 9.97 Å². The molecule has 4 nitrogen and oxygen atoms in total. The summed E-state index contributed by atoms with van der Waals surface area (Å²) in [6.45, 7) is 5.16. The third-order valence-electron chi connectivity index (χ3n) is 4.31. The van der Waals surface area contributed by atoms with Gasteiger partial charge >= 0.3 is 0 Å². The minimum absolute atomic E-state index is 0.710. The molecule has 0 unspecified atom stereocenters. The lowest BCUT2D eigenvalue weighted by Crippen LogP contribution is -2.26. The molecule has 0 spiro atoms. The number of benzene rings is 1. The predicted octanol–water partition coefficient (Wildman–Crippen LogP) is 3.76. The fraction of sp³-hybridized carbons (Fsp3) is 0.333. The van der Waals surface area contributed by atoms with Crippen molar-refractivity contribution in [1.82, 2.24) is 14.9 Å². The zero-order valence-corrected chi connectivity index (χ0v) is 15.3. The van der Waals surface area contributed by atoms with E-state index < -0.39 is 0 Å². The van der Waals surface area contributed by atoms with Crippen molar-refractivity contribution in [2.75, 3.05) is 25.4 Å². The van der Waals surface area contributed by atoms with Crippen molar-refractivity contribution >= 4 is 44.1 Å². The van der Waals surface area contributed by atoms with Gasteiger partial charge in [-0.3, -0.25) is 4.90 Å². The lowest BCUT2D eigenvalue weighted by molar-refractivity contribution is 0.318. The highest BCUT2D eigenvalue weighted by Crippen LogP contribution is 2.25. The number of aromatic nitrogens is 2. The Labute approximate surface area is 149 Å². The zero-order valence-electron chi connectivity index (χ0n) is 13.7. The first-order valence-electron chi connectivity index (χ1n) is 8.17. The van der Waals surface area contributed by atoms with Crippen molar-refractivity contribution in [3.63, 3.8) is 0 Å². The van der Waals surface area contributed by atoms with Gasteiger partial charge in [-0.1, -0.05) is 18.2 Å². The Balaban J connectivity index is 1.39. The Morgan fingerprint density at radius 2 is 2.08 bits per heavy atom. The van der Waals surface area contributed by atoms with Gasteiger partial charge in [0.15, 0.2) is 5.13 Å². The van der Waals surface area contributed by atoms with Crippen LogP contribution >= 0.6 is 22.7 Å². The Morgan fingerprint density at radius 1 is 1.21 bits per heavy atom. The molecule has 0 bridgehead atoms. The van der Waals surface area contributed by atoms with Gasteiger partial charge in [-0.05, 0) is 31.0 Å². The second kappa shape index (κ2) is 6.63. The second-order valence-electron chi connectivity index (χ2n) is 6.08. The maximum absolute atomic E-state index is 5.81. The quantitative estimate of drug-likeness (QED) is 0.776. The molecule has 124 valence electrons. The van der Waals surface area contributed by atoms with Crippen molar-refractivity contribution in [3.8, 4) is 0 Å². The molecule has 0 radical (unpaired) electrons. The lowest BCUT2D eigenvalue weighted by Gasteiger charge is -2.17. The van der Waals surface area contributed by atoms with Crippen LogP contribution in [0.4, 0.5) is 5.13 Å². The van der Waals surface area contributed by atoms with Crippen molar-refractivity contribution in [2.24, 2.45) is 0 Å². The van der Waals surface area contributed by atoms with Gasteiger partial charge in [0.25, 0.3) is 0 Å². The summed E-state index contributed by atoms with van der Waals surface area (Å²) in [5.41, 5.74) is 9.35. The van der Waals surface area contributed by atoms with Crippen LogP contribution in [0.25, 0.3) is 16.3 Å². The Morgan fingerprint density at radius 3 is 3.00 bits per heavy atom. The maximum atomic E-state index is 5.81. The Kier molecular flexibility index (Phi) is 4.35. The van der Waals surface area contributed by atoms with Gasteiger partial charge in [-0.15, -0.1) is 22.7 Å². The smallest absolute Gasteiger partial charge is 0.180 e. The molecule has 2 N–H and O–H groups in total. The van der Waals surface area contributed by atoms with Crippen LogP contribution < -0.4 is 5.73 Å². The first kappa shape index (κ1) is 15.7. The number of rotatable bonds is 3. The molecule has 1 aromatic carbocycles. The number of nitrogen functional groups attached to an aromatic ring is 1. The highest BCUT2D eigenvalue weighted by Gasteiger charge is 2.16. The first-order valence-corrected chi connectivity index (χ1v) is 9.81. The number of hydrogen-bond donors (Lipinski definition) is 1. The van der Waals surface area contributed by atoms with Crippen LogP contribution in [-0.4, -0.2) is 34.5 Å². The van der Waals surface area contributed by atoms with Crippen LogP contribution in [0.1, 0.15) is 21.1 Å². The second-order valence-corrected chi connectivity index (χ2v) is 8.43. The third-order valence-corrected chi connectivity index (χ3v) is 6.23. The molecule has 6 heteroatoms. The van der Waals surface area contributed by atoms with Crippen LogP contribution in [0.5, 0.6) is 0 Å². The number of hydrogen-bond acceptors (Lipinski definition) is 6. The summed E-state index contributed by atoms with van der Waals surface area (Å²) in [5.74, 6) is 0. The molecule has 0 atom stereocenters. The molecule has 24 heavy (non-hydrogen) atoms. The molecule has 1 aliphatic heterocycles. The maximum Gasteiger partial charge on any atom is 0.180 e. The van der Waals surface area contributed by atoms with Crippen LogP contribution in [0.3, 0.4) is 0 Å². The van der Waals surface area contributed by atoms with Gasteiger partial charge in [0.05, 0.1) is 20.9 Å². The lowest BCUT2D eigenvalue weighted by atomic mass is 10.2.